The molecule has 35 heavy (non-hydrogen) atoms. The molecule has 1 saturated carbocycles. The standard InChI is InChI=1S/C26H32N6O3/c1-16(18-12-24(33)28-14-18)35-26-25-21(29-15-32(25)19-4-5-19)13-20(30-26)17-3-6-22(23(11-17)34-2)31-9-7-27-8-10-31/h3,6,11,13,15-16,18-19,27H,4-5,7-10,12,14H2,1-2H3,(H,28,33)/t16-,18?/m1/s1. The van der Waals surface area contributed by atoms with Gasteiger partial charge in [-0.15, -0.1) is 0 Å². The largest absolute Gasteiger partial charge is 0.495 e. The normalized spacial score (nSPS) is 21.3. The summed E-state index contributed by atoms with van der Waals surface area (Å²) in [6, 6.07) is 8.76. The number of hydrogen-bond donors (Lipinski definition) is 2. The maximum absolute atomic E-state index is 11.8. The molecule has 0 radical (unpaired) electrons. The Morgan fingerprint density at radius 2 is 2.00 bits per heavy atom. The van der Waals surface area contributed by atoms with Crippen molar-refractivity contribution < 1.29 is 14.3 Å². The van der Waals surface area contributed by atoms with Crippen molar-refractivity contribution in [1.29, 1.82) is 0 Å². The molecule has 3 fully saturated rings. The van der Waals surface area contributed by atoms with Gasteiger partial charge in [-0.2, -0.15) is 0 Å². The van der Waals surface area contributed by atoms with Crippen LogP contribution in [0.15, 0.2) is 30.6 Å². The molecule has 3 aliphatic rings. The number of pyridine rings is 1. The highest BCUT2D eigenvalue weighted by Crippen LogP contribution is 2.41. The third-order valence-corrected chi connectivity index (χ3v) is 7.36. The number of piperazine rings is 1. The van der Waals surface area contributed by atoms with E-state index in [1.54, 1.807) is 7.11 Å². The molecule has 2 atom stereocenters. The minimum atomic E-state index is -0.146. The van der Waals surface area contributed by atoms with Crippen LogP contribution in [0.3, 0.4) is 0 Å². The fraction of sp³-hybridized carbons (Fsp3) is 0.500. The summed E-state index contributed by atoms with van der Waals surface area (Å²) in [7, 11) is 1.71. The summed E-state index contributed by atoms with van der Waals surface area (Å²) < 4.78 is 14.4. The first-order valence-corrected chi connectivity index (χ1v) is 12.6. The molecule has 1 unspecified atom stereocenters. The molecule has 2 N–H and O–H groups in total. The highest BCUT2D eigenvalue weighted by Gasteiger charge is 2.31. The van der Waals surface area contributed by atoms with Gasteiger partial charge in [0.2, 0.25) is 11.8 Å². The van der Waals surface area contributed by atoms with Crippen molar-refractivity contribution in [2.75, 3.05) is 44.7 Å². The molecule has 1 amide bonds. The molecule has 0 spiro atoms. The maximum atomic E-state index is 11.8. The van der Waals surface area contributed by atoms with Gasteiger partial charge in [0.25, 0.3) is 0 Å². The number of imidazole rings is 1. The molecule has 9 nitrogen and oxygen atoms in total. The van der Waals surface area contributed by atoms with E-state index >= 15 is 0 Å². The van der Waals surface area contributed by atoms with Crippen molar-refractivity contribution in [3.05, 3.63) is 30.6 Å². The van der Waals surface area contributed by atoms with Crippen molar-refractivity contribution in [1.82, 2.24) is 25.2 Å². The van der Waals surface area contributed by atoms with Crippen LogP contribution in [-0.4, -0.2) is 66.4 Å². The summed E-state index contributed by atoms with van der Waals surface area (Å²) in [5.41, 5.74) is 4.66. The van der Waals surface area contributed by atoms with Crippen LogP contribution in [0.4, 0.5) is 5.69 Å². The predicted molar refractivity (Wildman–Crippen MR) is 134 cm³/mol. The summed E-state index contributed by atoms with van der Waals surface area (Å²) in [4.78, 5) is 23.8. The first-order valence-electron chi connectivity index (χ1n) is 12.6. The van der Waals surface area contributed by atoms with E-state index in [1.807, 2.05) is 19.3 Å². The Hall–Kier alpha value is -3.33. The SMILES string of the molecule is COc1cc(-c2cc3ncn(C4CC4)c3c(O[C@H](C)C3CNC(=O)C3)n2)ccc1N1CCNCC1. The van der Waals surface area contributed by atoms with Crippen molar-refractivity contribution in [2.24, 2.45) is 5.92 Å². The molecule has 6 rings (SSSR count). The number of carbonyl (C=O) groups is 1. The van der Waals surface area contributed by atoms with Gasteiger partial charge in [-0.3, -0.25) is 4.79 Å². The van der Waals surface area contributed by atoms with Gasteiger partial charge in [0, 0.05) is 56.7 Å². The molecule has 2 saturated heterocycles. The second-order valence-corrected chi connectivity index (χ2v) is 9.78. The van der Waals surface area contributed by atoms with E-state index in [0.29, 0.717) is 24.9 Å². The third kappa shape index (κ3) is 4.29. The summed E-state index contributed by atoms with van der Waals surface area (Å²) in [5, 5.41) is 6.31. The molecule has 1 aromatic carbocycles. The van der Waals surface area contributed by atoms with Crippen LogP contribution in [0.1, 0.15) is 32.2 Å². The van der Waals surface area contributed by atoms with Crippen molar-refractivity contribution in [3.8, 4) is 22.9 Å². The van der Waals surface area contributed by atoms with E-state index < -0.39 is 0 Å². The van der Waals surface area contributed by atoms with E-state index in [0.717, 1.165) is 72.7 Å². The van der Waals surface area contributed by atoms with Crippen LogP contribution in [0.2, 0.25) is 0 Å². The lowest BCUT2D eigenvalue weighted by Gasteiger charge is -2.30. The second-order valence-electron chi connectivity index (χ2n) is 9.78. The Kier molecular flexibility index (Phi) is 5.72. The number of ether oxygens (including phenoxy) is 2. The first-order chi connectivity index (χ1) is 17.1. The van der Waals surface area contributed by atoms with Gasteiger partial charge in [0.05, 0.1) is 30.3 Å². The van der Waals surface area contributed by atoms with E-state index in [9.17, 15) is 4.79 Å². The Labute approximate surface area is 204 Å². The minimum Gasteiger partial charge on any atom is -0.495 e. The fourth-order valence-corrected chi connectivity index (χ4v) is 5.12. The van der Waals surface area contributed by atoms with Gasteiger partial charge in [-0.05, 0) is 38.0 Å². The van der Waals surface area contributed by atoms with E-state index in [1.165, 1.54) is 0 Å². The molecule has 184 valence electrons. The van der Waals surface area contributed by atoms with Crippen LogP contribution >= 0.6 is 0 Å². The van der Waals surface area contributed by atoms with Crippen LogP contribution in [0, 0.1) is 5.92 Å². The van der Waals surface area contributed by atoms with E-state index in [2.05, 4.69) is 38.3 Å². The number of carbonyl (C=O) groups excluding carboxylic acids is 1. The number of hydrogen-bond acceptors (Lipinski definition) is 7. The molecule has 3 aromatic rings. The van der Waals surface area contributed by atoms with Crippen LogP contribution in [0.5, 0.6) is 11.6 Å². The molecule has 0 bridgehead atoms. The number of amides is 1. The summed E-state index contributed by atoms with van der Waals surface area (Å²) in [5.74, 6) is 1.62. The van der Waals surface area contributed by atoms with Crippen LogP contribution in [-0.2, 0) is 4.79 Å². The Balaban J connectivity index is 1.38. The molecule has 2 aliphatic heterocycles. The first kappa shape index (κ1) is 22.2. The Morgan fingerprint density at radius 3 is 2.71 bits per heavy atom. The number of fused-ring (bicyclic) bond motifs is 1. The second kappa shape index (κ2) is 9.03. The average Bonchev–Trinajstić information content (AvgIpc) is 3.49. The quantitative estimate of drug-likeness (QED) is 0.542. The third-order valence-electron chi connectivity index (χ3n) is 7.36. The molecule has 2 aromatic heterocycles. The number of aromatic nitrogens is 3. The van der Waals surface area contributed by atoms with Gasteiger partial charge >= 0.3 is 0 Å². The number of rotatable bonds is 7. The smallest absolute Gasteiger partial charge is 0.241 e. The zero-order valence-electron chi connectivity index (χ0n) is 20.3. The lowest BCUT2D eigenvalue weighted by molar-refractivity contribution is -0.119. The van der Waals surface area contributed by atoms with E-state index in [-0.39, 0.29) is 17.9 Å². The number of benzene rings is 1. The zero-order chi connectivity index (χ0) is 23.9. The van der Waals surface area contributed by atoms with Crippen molar-refractivity contribution >= 4 is 22.6 Å². The van der Waals surface area contributed by atoms with Crippen LogP contribution < -0.4 is 25.0 Å². The minimum absolute atomic E-state index is 0.0806. The van der Waals surface area contributed by atoms with E-state index in [4.69, 9.17) is 19.4 Å². The maximum Gasteiger partial charge on any atom is 0.241 e. The number of anilines is 1. The predicted octanol–water partition coefficient (Wildman–Crippen LogP) is 2.75. The lowest BCUT2D eigenvalue weighted by atomic mass is 10.0. The highest BCUT2D eigenvalue weighted by molar-refractivity contribution is 5.85. The number of nitrogens with zero attached hydrogens (tertiary/aromatic N) is 4. The van der Waals surface area contributed by atoms with Gasteiger partial charge < -0.3 is 29.6 Å². The summed E-state index contributed by atoms with van der Waals surface area (Å²) in [6.07, 6.45) is 4.53. The average molecular weight is 477 g/mol. The topological polar surface area (TPSA) is 93.5 Å². The monoisotopic (exact) mass is 476 g/mol. The highest BCUT2D eigenvalue weighted by atomic mass is 16.5. The summed E-state index contributed by atoms with van der Waals surface area (Å²) >= 11 is 0. The van der Waals surface area contributed by atoms with Gasteiger partial charge in [-0.1, -0.05) is 6.07 Å². The fourth-order valence-electron chi connectivity index (χ4n) is 5.12. The van der Waals surface area contributed by atoms with Crippen LogP contribution in [0.25, 0.3) is 22.3 Å². The Bertz CT molecular complexity index is 1250. The number of nitrogens with one attached hydrogen (secondary N) is 2. The number of methoxy groups -OCH3 is 1. The molecule has 4 heterocycles. The molecular weight excluding hydrogens is 444 g/mol. The summed E-state index contributed by atoms with van der Waals surface area (Å²) in [6.45, 7) is 6.49. The van der Waals surface area contributed by atoms with Gasteiger partial charge in [-0.25, -0.2) is 9.97 Å². The van der Waals surface area contributed by atoms with Crippen molar-refractivity contribution in [3.63, 3.8) is 0 Å². The van der Waals surface area contributed by atoms with Gasteiger partial charge in [0.1, 0.15) is 17.4 Å². The zero-order valence-corrected chi connectivity index (χ0v) is 20.3. The molecular formula is C26H32N6O3. The van der Waals surface area contributed by atoms with Crippen molar-refractivity contribution in [2.45, 2.75) is 38.3 Å². The Morgan fingerprint density at radius 1 is 1.17 bits per heavy atom. The lowest BCUT2D eigenvalue weighted by Crippen LogP contribution is -2.43. The van der Waals surface area contributed by atoms with Gasteiger partial charge in [0.15, 0.2) is 0 Å². The molecule has 9 heteroatoms. The molecule has 1 aliphatic carbocycles.